The molecule has 218 valence electrons. The van der Waals surface area contributed by atoms with Crippen LogP contribution in [0.15, 0.2) is 72.8 Å². The minimum atomic E-state index is -0.575. The van der Waals surface area contributed by atoms with E-state index in [-0.39, 0.29) is 18.0 Å². The Morgan fingerprint density at radius 2 is 1.49 bits per heavy atom. The van der Waals surface area contributed by atoms with E-state index in [0.29, 0.717) is 23.7 Å². The van der Waals surface area contributed by atoms with E-state index in [2.05, 4.69) is 21.3 Å². The van der Waals surface area contributed by atoms with Gasteiger partial charge in [0.25, 0.3) is 5.91 Å². The zero-order valence-corrected chi connectivity index (χ0v) is 24.8. The maximum absolute atomic E-state index is 13.6. The maximum atomic E-state index is 13.6. The van der Waals surface area contributed by atoms with Crippen LogP contribution in [-0.4, -0.2) is 34.7 Å². The van der Waals surface area contributed by atoms with Crippen LogP contribution in [0.1, 0.15) is 81.8 Å². The highest BCUT2D eigenvalue weighted by Gasteiger charge is 2.29. The summed E-state index contributed by atoms with van der Waals surface area (Å²) < 4.78 is 5.50. The molecule has 2 aromatic carbocycles. The second-order valence-corrected chi connectivity index (χ2v) is 12.2. The summed E-state index contributed by atoms with van der Waals surface area (Å²) in [6.45, 7) is 10.1. The summed E-state index contributed by atoms with van der Waals surface area (Å²) in [6.07, 6.45) is 3.42. The molecule has 1 fully saturated rings. The van der Waals surface area contributed by atoms with E-state index in [9.17, 15) is 9.59 Å². The Balaban J connectivity index is 1.54. The van der Waals surface area contributed by atoms with E-state index in [4.69, 9.17) is 9.72 Å². The number of ether oxygens (including phenoxy) is 1. The first-order valence-electron chi connectivity index (χ1n) is 14.4. The van der Waals surface area contributed by atoms with Crippen LogP contribution >= 0.6 is 0 Å². The molecule has 2 amide bonds. The topological polar surface area (TPSA) is 104 Å². The third kappa shape index (κ3) is 8.71. The zero-order valence-electron chi connectivity index (χ0n) is 24.8. The summed E-state index contributed by atoms with van der Waals surface area (Å²) in [6, 6.07) is 23.4. The van der Waals surface area contributed by atoms with Crippen molar-refractivity contribution in [1.82, 2.24) is 15.6 Å². The zero-order chi connectivity index (χ0) is 29.5. The molecule has 0 unspecified atom stereocenters. The first kappa shape index (κ1) is 29.9. The number of rotatable bonds is 9. The Bertz CT molecular complexity index is 1310. The van der Waals surface area contributed by atoms with Crippen molar-refractivity contribution < 1.29 is 14.3 Å². The molecule has 4 N–H and O–H groups in total. The van der Waals surface area contributed by atoms with Crippen molar-refractivity contribution in [2.45, 2.75) is 90.1 Å². The number of nitrogens with one attached hydrogen (secondary N) is 4. The third-order valence-corrected chi connectivity index (χ3v) is 7.17. The Morgan fingerprint density at radius 1 is 0.854 bits per heavy atom. The lowest BCUT2D eigenvalue weighted by Gasteiger charge is -2.34. The Hall–Kier alpha value is -4.07. The first-order valence-corrected chi connectivity index (χ1v) is 14.4. The lowest BCUT2D eigenvalue weighted by atomic mass is 9.90. The average molecular weight is 558 g/mol. The van der Waals surface area contributed by atoms with Gasteiger partial charge >= 0.3 is 6.09 Å². The van der Waals surface area contributed by atoms with Gasteiger partial charge < -0.3 is 26.0 Å². The van der Waals surface area contributed by atoms with E-state index in [1.807, 2.05) is 101 Å². The van der Waals surface area contributed by atoms with Crippen LogP contribution < -0.4 is 21.3 Å². The molecule has 1 aliphatic rings. The molecule has 1 saturated carbocycles. The molecule has 0 aliphatic heterocycles. The number of amides is 2. The number of carbonyl (C=O) groups is 2. The van der Waals surface area contributed by atoms with E-state index in [0.717, 1.165) is 36.8 Å². The van der Waals surface area contributed by atoms with Crippen LogP contribution in [0.25, 0.3) is 0 Å². The van der Waals surface area contributed by atoms with Gasteiger partial charge in [-0.25, -0.2) is 9.78 Å². The number of anilines is 2. The molecule has 4 rings (SSSR count). The number of hydrogen-bond acceptors (Lipinski definition) is 6. The summed E-state index contributed by atoms with van der Waals surface area (Å²) in [5.74, 6) is 0.922. The fourth-order valence-corrected chi connectivity index (χ4v) is 5.04. The van der Waals surface area contributed by atoms with Crippen molar-refractivity contribution in [2.75, 3.05) is 10.6 Å². The first-order chi connectivity index (χ1) is 19.5. The smallest absolute Gasteiger partial charge is 0.407 e. The molecule has 2 atom stereocenters. The second kappa shape index (κ2) is 13.1. The minimum Gasteiger partial charge on any atom is -0.444 e. The normalized spacial score (nSPS) is 17.3. The molecule has 0 radical (unpaired) electrons. The molecule has 8 nitrogen and oxygen atoms in total. The van der Waals surface area contributed by atoms with Gasteiger partial charge in [0.2, 0.25) is 0 Å². The van der Waals surface area contributed by atoms with Crippen molar-refractivity contribution in [1.29, 1.82) is 0 Å². The number of hydrogen-bond donors (Lipinski definition) is 4. The number of nitrogens with zero attached hydrogens (tertiary/aromatic N) is 1. The third-order valence-electron chi connectivity index (χ3n) is 7.17. The highest BCUT2D eigenvalue weighted by atomic mass is 16.6. The van der Waals surface area contributed by atoms with Crippen LogP contribution in [0.4, 0.5) is 16.4 Å². The number of benzene rings is 2. The van der Waals surface area contributed by atoms with Crippen molar-refractivity contribution >= 4 is 23.6 Å². The van der Waals surface area contributed by atoms with Gasteiger partial charge in [0.1, 0.15) is 17.2 Å². The fraction of sp³-hybridized carbons (Fsp3) is 0.424. The average Bonchev–Trinajstić information content (AvgIpc) is 2.93. The number of aromatic nitrogens is 1. The van der Waals surface area contributed by atoms with Gasteiger partial charge in [0.15, 0.2) is 0 Å². The number of pyridine rings is 1. The van der Waals surface area contributed by atoms with E-state index >= 15 is 0 Å². The second-order valence-electron chi connectivity index (χ2n) is 12.2. The van der Waals surface area contributed by atoms with Gasteiger partial charge in [-0.05, 0) is 70.7 Å². The molecule has 1 aromatic heterocycles. The standard InChI is InChI=1S/C33H43N5O3/c1-32(2,3)41-31(40)36-27-19-13-12-18-26(27)35-28-21-20-25(29(37-28)34-22-23-14-8-6-9-15-23)30(39)38-33(4,5)24-16-10-7-11-17-24/h6-11,14-17,20-21,26-27H,12-13,18-19,22H2,1-5H3,(H,36,40)(H,38,39)(H2,34,35,37)/t26-,27+/m1/s1. The molecule has 3 aromatic rings. The predicted octanol–water partition coefficient (Wildman–Crippen LogP) is 6.61. The maximum Gasteiger partial charge on any atom is 0.407 e. The molecular weight excluding hydrogens is 514 g/mol. The van der Waals surface area contributed by atoms with Crippen molar-refractivity contribution in [3.63, 3.8) is 0 Å². The summed E-state index contributed by atoms with van der Waals surface area (Å²) in [5.41, 5.74) is 1.42. The van der Waals surface area contributed by atoms with Crippen molar-refractivity contribution in [3.8, 4) is 0 Å². The number of carbonyl (C=O) groups excluding carboxylic acids is 2. The Morgan fingerprint density at radius 3 is 2.15 bits per heavy atom. The molecule has 41 heavy (non-hydrogen) atoms. The van der Waals surface area contributed by atoms with E-state index < -0.39 is 17.2 Å². The summed E-state index contributed by atoms with van der Waals surface area (Å²) in [5, 5.41) is 13.1. The molecule has 1 heterocycles. The molecule has 8 heteroatoms. The number of alkyl carbamates (subject to hydrolysis) is 1. The molecule has 0 saturated heterocycles. The highest BCUT2D eigenvalue weighted by Crippen LogP contribution is 2.26. The summed E-state index contributed by atoms with van der Waals surface area (Å²) in [7, 11) is 0. The van der Waals surface area contributed by atoms with E-state index in [1.54, 1.807) is 6.07 Å². The highest BCUT2D eigenvalue weighted by molar-refractivity contribution is 5.99. The van der Waals surface area contributed by atoms with Crippen LogP contribution in [0.3, 0.4) is 0 Å². The summed E-state index contributed by atoms with van der Waals surface area (Å²) in [4.78, 5) is 30.9. The van der Waals surface area contributed by atoms with Gasteiger partial charge in [-0.3, -0.25) is 4.79 Å². The predicted molar refractivity (Wildman–Crippen MR) is 164 cm³/mol. The largest absolute Gasteiger partial charge is 0.444 e. The van der Waals surface area contributed by atoms with Crippen molar-refractivity contribution in [2.24, 2.45) is 0 Å². The summed E-state index contributed by atoms with van der Waals surface area (Å²) >= 11 is 0. The van der Waals surface area contributed by atoms with Gasteiger partial charge in [0.05, 0.1) is 17.1 Å². The minimum absolute atomic E-state index is 0.0116. The van der Waals surface area contributed by atoms with Gasteiger partial charge in [-0.15, -0.1) is 0 Å². The quantitative estimate of drug-likeness (QED) is 0.236. The van der Waals surface area contributed by atoms with Crippen LogP contribution in [0, 0.1) is 0 Å². The molecule has 1 aliphatic carbocycles. The van der Waals surface area contributed by atoms with Gasteiger partial charge in [-0.1, -0.05) is 73.5 Å². The SMILES string of the molecule is CC(C)(C)OC(=O)N[C@H]1CCCC[C@H]1Nc1ccc(C(=O)NC(C)(C)c2ccccc2)c(NCc2ccccc2)n1. The Kier molecular flexibility index (Phi) is 9.53. The van der Waals surface area contributed by atoms with E-state index in [1.165, 1.54) is 0 Å². The van der Waals surface area contributed by atoms with Crippen molar-refractivity contribution in [3.05, 3.63) is 89.5 Å². The van der Waals surface area contributed by atoms with Gasteiger partial charge in [-0.2, -0.15) is 0 Å². The van der Waals surface area contributed by atoms with Crippen LogP contribution in [0.5, 0.6) is 0 Å². The lowest BCUT2D eigenvalue weighted by molar-refractivity contribution is 0.0488. The molecule has 0 bridgehead atoms. The van der Waals surface area contributed by atoms with Crippen LogP contribution in [-0.2, 0) is 16.8 Å². The lowest BCUT2D eigenvalue weighted by Crippen LogP contribution is -2.49. The monoisotopic (exact) mass is 557 g/mol. The molecular formula is C33H43N5O3. The Labute approximate surface area is 243 Å². The fourth-order valence-electron chi connectivity index (χ4n) is 5.04. The van der Waals surface area contributed by atoms with Gasteiger partial charge in [0, 0.05) is 12.6 Å². The molecule has 0 spiro atoms. The van der Waals surface area contributed by atoms with Crippen LogP contribution in [0.2, 0.25) is 0 Å².